The molecule has 5 rings (SSSR count). The van der Waals surface area contributed by atoms with Crippen molar-refractivity contribution in [3.63, 3.8) is 0 Å². The van der Waals surface area contributed by atoms with E-state index in [1.165, 1.54) is 17.3 Å². The maximum Gasteiger partial charge on any atom is 0.287 e. The van der Waals surface area contributed by atoms with Crippen LogP contribution in [0.15, 0.2) is 47.5 Å². The van der Waals surface area contributed by atoms with Crippen molar-refractivity contribution in [2.45, 2.75) is 51.0 Å². The number of nitrogens with one attached hydrogen (secondary N) is 2. The van der Waals surface area contributed by atoms with Gasteiger partial charge in [0.15, 0.2) is 0 Å². The van der Waals surface area contributed by atoms with Gasteiger partial charge in [0.1, 0.15) is 5.02 Å². The summed E-state index contributed by atoms with van der Waals surface area (Å²) in [5.41, 5.74) is 1.68. The molecule has 2 N–H and O–H groups in total. The summed E-state index contributed by atoms with van der Waals surface area (Å²) in [5, 5.41) is 9.16. The summed E-state index contributed by atoms with van der Waals surface area (Å²) in [6.45, 7) is 2.40. The maximum atomic E-state index is 12.4. The number of H-pyrrole nitrogens is 1. The molecule has 1 saturated heterocycles. The molecule has 2 aliphatic rings. The van der Waals surface area contributed by atoms with Gasteiger partial charge in [0.2, 0.25) is 0 Å². The Morgan fingerprint density at radius 3 is 2.74 bits per heavy atom. The summed E-state index contributed by atoms with van der Waals surface area (Å²) >= 11 is 6.27. The van der Waals surface area contributed by atoms with Crippen molar-refractivity contribution in [1.82, 2.24) is 14.8 Å². The minimum Gasteiger partial charge on any atom is -0.382 e. The third kappa shape index (κ3) is 5.69. The predicted octanol–water partition coefficient (Wildman–Crippen LogP) is 5.41. The molecule has 1 saturated carbocycles. The normalized spacial score (nSPS) is 19.6. The molecule has 166 valence electrons. The fourth-order valence-electron chi connectivity index (χ4n) is 4.37. The van der Waals surface area contributed by atoms with Gasteiger partial charge in [-0.15, -0.1) is 0 Å². The number of fused-ring (bicyclic) bond motifs is 1. The van der Waals surface area contributed by atoms with E-state index < -0.39 is 0 Å². The number of aromatic amines is 1. The second-order valence-electron chi connectivity index (χ2n) is 8.44. The van der Waals surface area contributed by atoms with Crippen LogP contribution < -0.4 is 10.9 Å². The predicted molar refractivity (Wildman–Crippen MR) is 126 cm³/mol. The van der Waals surface area contributed by atoms with Gasteiger partial charge in [-0.3, -0.25) is 4.79 Å². The lowest BCUT2D eigenvalue weighted by Crippen LogP contribution is -2.30. The van der Waals surface area contributed by atoms with Crippen molar-refractivity contribution in [3.8, 4) is 0 Å². The molecule has 0 bridgehead atoms. The van der Waals surface area contributed by atoms with Crippen molar-refractivity contribution < 1.29 is 4.74 Å². The standard InChI is InChI=1S/C16H24ClN3O2.C8H7N/c17-15-14(18-9-12-5-4-8-22-11-12)10-19-20(16(15)21)13-6-2-1-3-7-13;1-2-4-8-7(3-1)5-6-9-8/h10,12-13,18H,1-9,11H2;1-6,9H. The molecule has 31 heavy (non-hydrogen) atoms. The summed E-state index contributed by atoms with van der Waals surface area (Å²) in [6.07, 6.45) is 11.5. The molecule has 1 aliphatic carbocycles. The van der Waals surface area contributed by atoms with E-state index in [9.17, 15) is 4.79 Å². The van der Waals surface area contributed by atoms with Crippen LogP contribution in [0.1, 0.15) is 51.0 Å². The molecule has 3 heterocycles. The van der Waals surface area contributed by atoms with E-state index in [1.807, 2.05) is 18.3 Å². The number of nitrogens with zero attached hydrogens (tertiary/aromatic N) is 2. The largest absolute Gasteiger partial charge is 0.382 e. The Bertz CT molecular complexity index is 990. The Morgan fingerprint density at radius 2 is 1.97 bits per heavy atom. The smallest absolute Gasteiger partial charge is 0.287 e. The molecule has 1 aromatic carbocycles. The Labute approximate surface area is 187 Å². The zero-order chi connectivity index (χ0) is 21.5. The average Bonchev–Trinajstić information content (AvgIpc) is 3.31. The highest BCUT2D eigenvalue weighted by molar-refractivity contribution is 6.32. The van der Waals surface area contributed by atoms with Crippen LogP contribution in [-0.4, -0.2) is 34.5 Å². The van der Waals surface area contributed by atoms with Crippen molar-refractivity contribution in [2.24, 2.45) is 5.92 Å². The highest BCUT2D eigenvalue weighted by Gasteiger charge is 2.20. The number of aromatic nitrogens is 3. The van der Waals surface area contributed by atoms with Gasteiger partial charge in [0.05, 0.1) is 24.5 Å². The lowest BCUT2D eigenvalue weighted by molar-refractivity contribution is 0.0595. The number of rotatable bonds is 4. The van der Waals surface area contributed by atoms with E-state index in [0.29, 0.717) is 11.6 Å². The van der Waals surface area contributed by atoms with E-state index in [2.05, 4.69) is 33.6 Å². The molecule has 0 spiro atoms. The number of ether oxygens (including phenoxy) is 1. The lowest BCUT2D eigenvalue weighted by Gasteiger charge is -2.24. The topological polar surface area (TPSA) is 71.9 Å². The molecule has 2 aromatic heterocycles. The summed E-state index contributed by atoms with van der Waals surface area (Å²) < 4.78 is 7.05. The van der Waals surface area contributed by atoms with Crippen LogP contribution in [0.25, 0.3) is 10.9 Å². The second kappa shape index (κ2) is 10.8. The van der Waals surface area contributed by atoms with Gasteiger partial charge in [0, 0.05) is 24.9 Å². The third-order valence-electron chi connectivity index (χ3n) is 6.16. The van der Waals surface area contributed by atoms with Gasteiger partial charge in [0.25, 0.3) is 5.56 Å². The first kappa shape index (κ1) is 21.9. The summed E-state index contributed by atoms with van der Waals surface area (Å²) in [4.78, 5) is 15.6. The van der Waals surface area contributed by atoms with Gasteiger partial charge >= 0.3 is 0 Å². The first-order chi connectivity index (χ1) is 15.2. The zero-order valence-corrected chi connectivity index (χ0v) is 18.6. The first-order valence-electron chi connectivity index (χ1n) is 11.3. The monoisotopic (exact) mass is 442 g/mol. The van der Waals surface area contributed by atoms with Gasteiger partial charge in [-0.2, -0.15) is 5.10 Å². The Morgan fingerprint density at radius 1 is 1.13 bits per heavy atom. The highest BCUT2D eigenvalue weighted by atomic mass is 35.5. The van der Waals surface area contributed by atoms with E-state index in [1.54, 1.807) is 10.9 Å². The molecule has 0 amide bonds. The highest BCUT2D eigenvalue weighted by Crippen LogP contribution is 2.27. The molecular formula is C24H31ClN4O2. The quantitative estimate of drug-likeness (QED) is 0.566. The minimum atomic E-state index is -0.168. The number of hydrogen-bond acceptors (Lipinski definition) is 4. The maximum absolute atomic E-state index is 12.4. The molecule has 1 aliphatic heterocycles. The molecule has 6 nitrogen and oxygen atoms in total. The SMILES string of the molecule is O=c1c(Cl)c(NCC2CCCOC2)cnn1C1CCCCC1.c1ccc2[nH]ccc2c1. The van der Waals surface area contributed by atoms with E-state index in [-0.39, 0.29) is 16.6 Å². The number of anilines is 1. The van der Waals surface area contributed by atoms with E-state index in [4.69, 9.17) is 16.3 Å². The van der Waals surface area contributed by atoms with Gasteiger partial charge in [-0.25, -0.2) is 4.68 Å². The van der Waals surface area contributed by atoms with Crippen LogP contribution in [0.4, 0.5) is 5.69 Å². The average molecular weight is 443 g/mol. The number of para-hydroxylation sites is 1. The van der Waals surface area contributed by atoms with E-state index >= 15 is 0 Å². The molecule has 1 atom stereocenters. The Hall–Kier alpha value is -2.31. The fraction of sp³-hybridized carbons (Fsp3) is 0.500. The van der Waals surface area contributed by atoms with Crippen molar-refractivity contribution in [1.29, 1.82) is 0 Å². The van der Waals surface area contributed by atoms with Crippen LogP contribution in [0.3, 0.4) is 0 Å². The molecule has 2 fully saturated rings. The number of hydrogen-bond donors (Lipinski definition) is 2. The van der Waals surface area contributed by atoms with Crippen LogP contribution >= 0.6 is 11.6 Å². The molecule has 0 radical (unpaired) electrons. The third-order valence-corrected chi connectivity index (χ3v) is 6.53. The summed E-state index contributed by atoms with van der Waals surface area (Å²) in [5.74, 6) is 0.477. The first-order valence-corrected chi connectivity index (χ1v) is 11.7. The van der Waals surface area contributed by atoms with E-state index in [0.717, 1.165) is 58.3 Å². The van der Waals surface area contributed by atoms with Crippen molar-refractivity contribution in [2.75, 3.05) is 25.1 Å². The van der Waals surface area contributed by atoms with Crippen LogP contribution in [0.2, 0.25) is 5.02 Å². The number of benzene rings is 1. The second-order valence-corrected chi connectivity index (χ2v) is 8.82. The molecular weight excluding hydrogens is 412 g/mol. The summed E-state index contributed by atoms with van der Waals surface area (Å²) in [6, 6.07) is 10.5. The van der Waals surface area contributed by atoms with Crippen LogP contribution in [0, 0.1) is 5.92 Å². The zero-order valence-electron chi connectivity index (χ0n) is 17.9. The molecule has 1 unspecified atom stereocenters. The Kier molecular flexibility index (Phi) is 7.65. The van der Waals surface area contributed by atoms with Gasteiger partial charge in [-0.05, 0) is 49.1 Å². The minimum absolute atomic E-state index is 0.168. The van der Waals surface area contributed by atoms with Crippen molar-refractivity contribution >= 4 is 28.2 Å². The Balaban J connectivity index is 0.000000212. The van der Waals surface area contributed by atoms with Gasteiger partial charge in [-0.1, -0.05) is 49.1 Å². The number of halogens is 1. The fourth-order valence-corrected chi connectivity index (χ4v) is 4.57. The van der Waals surface area contributed by atoms with Crippen LogP contribution in [0.5, 0.6) is 0 Å². The molecule has 7 heteroatoms. The lowest BCUT2D eigenvalue weighted by atomic mass is 9.96. The summed E-state index contributed by atoms with van der Waals surface area (Å²) in [7, 11) is 0. The van der Waals surface area contributed by atoms with Crippen LogP contribution in [-0.2, 0) is 4.74 Å². The van der Waals surface area contributed by atoms with Crippen molar-refractivity contribution in [3.05, 3.63) is 58.1 Å². The van der Waals surface area contributed by atoms with Gasteiger partial charge < -0.3 is 15.0 Å². The molecule has 3 aromatic rings.